The highest BCUT2D eigenvalue weighted by molar-refractivity contribution is 5.90. The third-order valence-electron chi connectivity index (χ3n) is 4.26. The molecule has 1 atom stereocenters. The monoisotopic (exact) mass is 388 g/mol. The average molecular weight is 388 g/mol. The number of fused-ring (bicyclic) bond motifs is 1. The van der Waals surface area contributed by atoms with Crippen LogP contribution in [-0.4, -0.2) is 44.6 Å². The first kappa shape index (κ1) is 17.9. The summed E-state index contributed by atoms with van der Waals surface area (Å²) in [5, 5.41) is 2.61. The maximum atomic E-state index is 13.5. The molecule has 2 aromatic rings. The Hall–Kier alpha value is -3.49. The van der Waals surface area contributed by atoms with Crippen LogP contribution >= 0.6 is 0 Å². The van der Waals surface area contributed by atoms with Gasteiger partial charge in [-0.15, -0.1) is 0 Å². The molecule has 0 saturated carbocycles. The molecule has 2 aliphatic heterocycles. The van der Waals surface area contributed by atoms with E-state index in [0.717, 1.165) is 0 Å². The summed E-state index contributed by atoms with van der Waals surface area (Å²) in [6.45, 7) is 0.194. The number of carbonyl (C=O) groups excluding carboxylic acids is 2. The van der Waals surface area contributed by atoms with Crippen LogP contribution in [0.2, 0.25) is 0 Å². The molecule has 2 aromatic carbocycles. The van der Waals surface area contributed by atoms with Crippen LogP contribution in [0.5, 0.6) is 17.2 Å². The Balaban J connectivity index is 1.27. The van der Waals surface area contributed by atoms with Crippen LogP contribution in [0.3, 0.4) is 0 Å². The molecule has 1 N–H and O–H groups in total. The van der Waals surface area contributed by atoms with Gasteiger partial charge in [-0.1, -0.05) is 12.1 Å². The summed E-state index contributed by atoms with van der Waals surface area (Å²) in [5.41, 5.74) is 0.617. The Bertz CT molecular complexity index is 906. The minimum atomic E-state index is -0.542. The Kier molecular flexibility index (Phi) is 4.88. The molecule has 4 rings (SSSR count). The third-order valence-corrected chi connectivity index (χ3v) is 4.26. The van der Waals surface area contributed by atoms with Crippen molar-refractivity contribution in [2.75, 3.05) is 31.4 Å². The molecule has 0 bridgehead atoms. The zero-order chi connectivity index (χ0) is 19.5. The van der Waals surface area contributed by atoms with Gasteiger partial charge in [-0.25, -0.2) is 9.18 Å². The molecule has 146 valence electrons. The predicted octanol–water partition coefficient (Wildman–Crippen LogP) is 2.07. The number of ether oxygens (including phenoxy) is 4. The van der Waals surface area contributed by atoms with Gasteiger partial charge in [0.15, 0.2) is 29.7 Å². The van der Waals surface area contributed by atoms with Crippen molar-refractivity contribution in [1.82, 2.24) is 5.32 Å². The first-order chi connectivity index (χ1) is 13.6. The number of carbonyl (C=O) groups is 2. The van der Waals surface area contributed by atoms with Gasteiger partial charge >= 0.3 is 6.09 Å². The molecule has 2 aliphatic rings. The first-order valence-electron chi connectivity index (χ1n) is 8.62. The number of hydrogen-bond donors (Lipinski definition) is 1. The molecule has 0 aromatic heterocycles. The van der Waals surface area contributed by atoms with Crippen molar-refractivity contribution < 1.29 is 32.9 Å². The second-order valence-corrected chi connectivity index (χ2v) is 6.18. The second-order valence-electron chi connectivity index (χ2n) is 6.18. The first-order valence-corrected chi connectivity index (χ1v) is 8.62. The SMILES string of the molecule is O=C(COc1ccccc1F)NCC1CN(c2ccc3c(c2)OCO3)C(=O)O1. The van der Waals surface area contributed by atoms with Gasteiger partial charge < -0.3 is 24.3 Å². The summed E-state index contributed by atoms with van der Waals surface area (Å²) in [5.74, 6) is 0.196. The maximum Gasteiger partial charge on any atom is 0.414 e. The van der Waals surface area contributed by atoms with Crippen LogP contribution in [0.15, 0.2) is 42.5 Å². The van der Waals surface area contributed by atoms with Crippen molar-refractivity contribution in [3.63, 3.8) is 0 Å². The molecule has 1 fully saturated rings. The van der Waals surface area contributed by atoms with E-state index in [1.54, 1.807) is 24.3 Å². The highest BCUT2D eigenvalue weighted by Gasteiger charge is 2.33. The maximum absolute atomic E-state index is 13.5. The molecule has 1 saturated heterocycles. The molecule has 2 heterocycles. The van der Waals surface area contributed by atoms with Gasteiger partial charge in [0.25, 0.3) is 5.91 Å². The van der Waals surface area contributed by atoms with Crippen molar-refractivity contribution in [2.45, 2.75) is 6.10 Å². The number of nitrogens with zero attached hydrogens (tertiary/aromatic N) is 1. The quantitative estimate of drug-likeness (QED) is 0.816. The lowest BCUT2D eigenvalue weighted by atomic mass is 10.2. The largest absolute Gasteiger partial charge is 0.481 e. The van der Waals surface area contributed by atoms with Crippen molar-refractivity contribution in [3.8, 4) is 17.2 Å². The fourth-order valence-electron chi connectivity index (χ4n) is 2.88. The molecule has 2 amide bonds. The highest BCUT2D eigenvalue weighted by atomic mass is 19.1. The van der Waals surface area contributed by atoms with Gasteiger partial charge in [-0.05, 0) is 24.3 Å². The van der Waals surface area contributed by atoms with E-state index in [-0.39, 0.29) is 32.2 Å². The summed E-state index contributed by atoms with van der Waals surface area (Å²) < 4.78 is 34.4. The fraction of sp³-hybridized carbons (Fsp3) is 0.263. The van der Waals surface area contributed by atoms with Gasteiger partial charge in [0.1, 0.15) is 6.10 Å². The zero-order valence-corrected chi connectivity index (χ0v) is 14.7. The molecule has 0 radical (unpaired) electrons. The van der Waals surface area contributed by atoms with Crippen LogP contribution < -0.4 is 24.4 Å². The van der Waals surface area contributed by atoms with E-state index in [1.165, 1.54) is 23.1 Å². The number of cyclic esters (lactones) is 1. The van der Waals surface area contributed by atoms with Crippen LogP contribution in [0, 0.1) is 5.82 Å². The Morgan fingerprint density at radius 2 is 2.04 bits per heavy atom. The number of benzene rings is 2. The van der Waals surface area contributed by atoms with Crippen LogP contribution in [-0.2, 0) is 9.53 Å². The summed E-state index contributed by atoms with van der Waals surface area (Å²) >= 11 is 0. The summed E-state index contributed by atoms with van der Waals surface area (Å²) in [7, 11) is 0. The van der Waals surface area contributed by atoms with E-state index in [0.29, 0.717) is 17.2 Å². The lowest BCUT2D eigenvalue weighted by molar-refractivity contribution is -0.123. The number of anilines is 1. The van der Waals surface area contributed by atoms with Crippen LogP contribution in [0.25, 0.3) is 0 Å². The van der Waals surface area contributed by atoms with Crippen molar-refractivity contribution in [3.05, 3.63) is 48.3 Å². The lowest BCUT2D eigenvalue weighted by Gasteiger charge is -2.13. The van der Waals surface area contributed by atoms with Gasteiger partial charge in [0, 0.05) is 6.07 Å². The van der Waals surface area contributed by atoms with E-state index in [2.05, 4.69) is 5.32 Å². The van der Waals surface area contributed by atoms with E-state index < -0.39 is 23.9 Å². The number of rotatable bonds is 6. The van der Waals surface area contributed by atoms with E-state index in [9.17, 15) is 14.0 Å². The van der Waals surface area contributed by atoms with Crippen molar-refractivity contribution in [2.24, 2.45) is 0 Å². The average Bonchev–Trinajstić information content (AvgIpc) is 3.31. The smallest absolute Gasteiger partial charge is 0.414 e. The summed E-state index contributed by atoms with van der Waals surface area (Å²) in [6.07, 6.45) is -1.03. The van der Waals surface area contributed by atoms with Crippen LogP contribution in [0.1, 0.15) is 0 Å². The van der Waals surface area contributed by atoms with Gasteiger partial charge in [0.2, 0.25) is 6.79 Å². The normalized spacial score (nSPS) is 17.4. The minimum Gasteiger partial charge on any atom is -0.481 e. The second kappa shape index (κ2) is 7.63. The third kappa shape index (κ3) is 3.78. The molecule has 0 spiro atoms. The van der Waals surface area contributed by atoms with Gasteiger partial charge in [-0.2, -0.15) is 0 Å². The molecule has 8 nitrogen and oxygen atoms in total. The Labute approximate surface area is 159 Å². The molecule has 28 heavy (non-hydrogen) atoms. The van der Waals surface area contributed by atoms with Gasteiger partial charge in [0.05, 0.1) is 18.8 Å². The number of para-hydroxylation sites is 1. The number of halogens is 1. The fourth-order valence-corrected chi connectivity index (χ4v) is 2.88. The van der Waals surface area contributed by atoms with Crippen molar-refractivity contribution >= 4 is 17.7 Å². The van der Waals surface area contributed by atoms with Gasteiger partial charge in [-0.3, -0.25) is 9.69 Å². The lowest BCUT2D eigenvalue weighted by Crippen LogP contribution is -2.37. The Morgan fingerprint density at radius 3 is 2.89 bits per heavy atom. The minimum absolute atomic E-state index is 0.000993. The highest BCUT2D eigenvalue weighted by Crippen LogP contribution is 2.36. The zero-order valence-electron chi connectivity index (χ0n) is 14.7. The van der Waals surface area contributed by atoms with E-state index >= 15 is 0 Å². The number of amides is 2. The van der Waals surface area contributed by atoms with Crippen molar-refractivity contribution in [1.29, 1.82) is 0 Å². The molecule has 1 unspecified atom stereocenters. The molecular formula is C19H17FN2O6. The predicted molar refractivity (Wildman–Crippen MR) is 95.1 cm³/mol. The molecular weight excluding hydrogens is 371 g/mol. The number of hydrogen-bond acceptors (Lipinski definition) is 6. The topological polar surface area (TPSA) is 86.3 Å². The van der Waals surface area contributed by atoms with E-state index in [4.69, 9.17) is 18.9 Å². The Morgan fingerprint density at radius 1 is 1.21 bits per heavy atom. The standard InChI is InChI=1S/C19H17FN2O6/c20-14-3-1-2-4-15(14)25-10-18(23)21-8-13-9-22(19(24)28-13)12-5-6-16-17(7-12)27-11-26-16/h1-7,13H,8-11H2,(H,21,23). The molecule has 9 heteroatoms. The van der Waals surface area contributed by atoms with Crippen LogP contribution in [0.4, 0.5) is 14.9 Å². The molecule has 0 aliphatic carbocycles. The summed E-state index contributed by atoms with van der Waals surface area (Å²) in [6, 6.07) is 11.0. The number of nitrogens with one attached hydrogen (secondary N) is 1. The summed E-state index contributed by atoms with van der Waals surface area (Å²) in [4.78, 5) is 25.5. The van der Waals surface area contributed by atoms with E-state index in [1.807, 2.05) is 0 Å².